The molecule has 0 spiro atoms. The summed E-state index contributed by atoms with van der Waals surface area (Å²) in [7, 11) is 0. The quantitative estimate of drug-likeness (QED) is 0.0262. The minimum atomic E-state index is -0.792. The summed E-state index contributed by atoms with van der Waals surface area (Å²) in [6.45, 7) is 6.50. The third-order valence-corrected chi connectivity index (χ3v) is 12.2. The molecule has 0 rings (SSSR count). The van der Waals surface area contributed by atoms with Crippen molar-refractivity contribution in [2.75, 3.05) is 13.2 Å². The molecule has 1 unspecified atom stereocenters. The van der Waals surface area contributed by atoms with Crippen LogP contribution in [0.2, 0.25) is 0 Å². The zero-order valence-electron chi connectivity index (χ0n) is 44.2. The molecule has 0 aliphatic carbocycles. The monoisotopic (exact) mass is 935 g/mol. The van der Waals surface area contributed by atoms with Gasteiger partial charge in [-0.2, -0.15) is 0 Å². The predicted octanol–water partition coefficient (Wildman–Crippen LogP) is 19.0. The molecule has 0 heterocycles. The van der Waals surface area contributed by atoms with E-state index in [0.29, 0.717) is 19.3 Å². The first-order valence-electron chi connectivity index (χ1n) is 28.4. The molecule has 6 heteroatoms. The molecule has 0 aromatic rings. The van der Waals surface area contributed by atoms with E-state index in [4.69, 9.17) is 14.2 Å². The van der Waals surface area contributed by atoms with Crippen LogP contribution in [0.3, 0.4) is 0 Å². The number of carbonyl (C=O) groups is 3. The first-order valence-corrected chi connectivity index (χ1v) is 28.4. The van der Waals surface area contributed by atoms with Gasteiger partial charge in [0.15, 0.2) is 6.10 Å². The van der Waals surface area contributed by atoms with Crippen LogP contribution < -0.4 is 0 Å². The molecule has 0 saturated carbocycles. The van der Waals surface area contributed by atoms with E-state index in [2.05, 4.69) is 93.7 Å². The SMILES string of the molecule is CC/C=C\C/C=C\C/C=C\CCCCCC(=O)OC(COC(=O)CCCCCCCCCC/C=C\C/C=C\C/C=C\CCCCCCC)COC(=O)CCCCCCCCCCCCCCC. The minimum Gasteiger partial charge on any atom is -0.462 e. The number of unbranched alkanes of at least 4 members (excludes halogenated alkanes) is 28. The molecule has 0 saturated heterocycles. The second kappa shape index (κ2) is 55.4. The highest BCUT2D eigenvalue weighted by Crippen LogP contribution is 2.15. The van der Waals surface area contributed by atoms with Crippen LogP contribution in [0.1, 0.15) is 278 Å². The van der Waals surface area contributed by atoms with Gasteiger partial charge >= 0.3 is 17.9 Å². The largest absolute Gasteiger partial charge is 0.462 e. The van der Waals surface area contributed by atoms with Crippen molar-refractivity contribution in [1.29, 1.82) is 0 Å². The molecule has 0 bridgehead atoms. The Morgan fingerprint density at radius 3 is 0.925 bits per heavy atom. The maximum absolute atomic E-state index is 12.8. The van der Waals surface area contributed by atoms with E-state index >= 15 is 0 Å². The molecule has 0 aliphatic heterocycles. The van der Waals surface area contributed by atoms with Crippen LogP contribution in [0.15, 0.2) is 72.9 Å². The number of allylic oxidation sites excluding steroid dienone is 12. The van der Waals surface area contributed by atoms with Gasteiger partial charge in [-0.15, -0.1) is 0 Å². The van der Waals surface area contributed by atoms with Crippen LogP contribution >= 0.6 is 0 Å². The Kier molecular flexibility index (Phi) is 52.8. The van der Waals surface area contributed by atoms with Crippen LogP contribution in [0, 0.1) is 0 Å². The second-order valence-electron chi connectivity index (χ2n) is 18.8. The fourth-order valence-electron chi connectivity index (χ4n) is 7.93. The van der Waals surface area contributed by atoms with Crippen LogP contribution in [-0.2, 0) is 28.6 Å². The lowest BCUT2D eigenvalue weighted by molar-refractivity contribution is -0.167. The van der Waals surface area contributed by atoms with Gasteiger partial charge in [0.2, 0.25) is 0 Å². The molecule has 0 aliphatic rings. The van der Waals surface area contributed by atoms with Crippen molar-refractivity contribution in [3.05, 3.63) is 72.9 Å². The van der Waals surface area contributed by atoms with E-state index in [1.54, 1.807) is 0 Å². The van der Waals surface area contributed by atoms with Gasteiger partial charge in [0, 0.05) is 19.3 Å². The van der Waals surface area contributed by atoms with Crippen LogP contribution in [-0.4, -0.2) is 37.2 Å². The smallest absolute Gasteiger partial charge is 0.306 e. The van der Waals surface area contributed by atoms with Gasteiger partial charge in [-0.3, -0.25) is 14.4 Å². The summed E-state index contributed by atoms with van der Waals surface area (Å²) >= 11 is 0. The summed E-state index contributed by atoms with van der Waals surface area (Å²) in [5, 5.41) is 0. The molecule has 386 valence electrons. The van der Waals surface area contributed by atoms with E-state index in [1.807, 2.05) is 0 Å². The van der Waals surface area contributed by atoms with Crippen molar-refractivity contribution < 1.29 is 28.6 Å². The third kappa shape index (κ3) is 53.7. The predicted molar refractivity (Wildman–Crippen MR) is 288 cm³/mol. The minimum absolute atomic E-state index is 0.0878. The fraction of sp³-hybridized carbons (Fsp3) is 0.754. The number of carbonyl (C=O) groups excluding carboxylic acids is 3. The second-order valence-corrected chi connectivity index (χ2v) is 18.8. The summed E-state index contributed by atoms with van der Waals surface area (Å²) in [6.07, 6.45) is 70.4. The Morgan fingerprint density at radius 2 is 0.582 bits per heavy atom. The van der Waals surface area contributed by atoms with E-state index < -0.39 is 6.10 Å². The summed E-state index contributed by atoms with van der Waals surface area (Å²) in [5.41, 5.74) is 0. The average molecular weight is 936 g/mol. The summed E-state index contributed by atoms with van der Waals surface area (Å²) in [5.74, 6) is -0.918. The van der Waals surface area contributed by atoms with Gasteiger partial charge in [0.05, 0.1) is 0 Å². The van der Waals surface area contributed by atoms with Crippen molar-refractivity contribution in [3.8, 4) is 0 Å². The number of esters is 3. The van der Waals surface area contributed by atoms with Crippen molar-refractivity contribution in [3.63, 3.8) is 0 Å². The topological polar surface area (TPSA) is 78.9 Å². The first-order chi connectivity index (χ1) is 33.0. The Labute approximate surface area is 414 Å². The van der Waals surface area contributed by atoms with E-state index in [-0.39, 0.29) is 31.1 Å². The highest BCUT2D eigenvalue weighted by atomic mass is 16.6. The normalized spacial score (nSPS) is 12.6. The number of hydrogen-bond acceptors (Lipinski definition) is 6. The van der Waals surface area contributed by atoms with E-state index in [1.165, 1.54) is 135 Å². The molecule has 1 atom stereocenters. The average Bonchev–Trinajstić information content (AvgIpc) is 3.33. The number of ether oxygens (including phenoxy) is 3. The van der Waals surface area contributed by atoms with Gasteiger partial charge in [-0.05, 0) is 89.9 Å². The molecule has 0 fully saturated rings. The lowest BCUT2D eigenvalue weighted by atomic mass is 10.0. The van der Waals surface area contributed by atoms with Gasteiger partial charge in [0.1, 0.15) is 13.2 Å². The van der Waals surface area contributed by atoms with E-state index in [9.17, 15) is 14.4 Å². The molecule has 0 N–H and O–H groups in total. The van der Waals surface area contributed by atoms with Crippen LogP contribution in [0.25, 0.3) is 0 Å². The van der Waals surface area contributed by atoms with Crippen LogP contribution in [0.5, 0.6) is 0 Å². The summed E-state index contributed by atoms with van der Waals surface area (Å²) < 4.78 is 16.8. The lowest BCUT2D eigenvalue weighted by Crippen LogP contribution is -2.30. The number of hydrogen-bond donors (Lipinski definition) is 0. The van der Waals surface area contributed by atoms with Gasteiger partial charge in [-0.1, -0.05) is 241 Å². The lowest BCUT2D eigenvalue weighted by Gasteiger charge is -2.18. The maximum Gasteiger partial charge on any atom is 0.306 e. The van der Waals surface area contributed by atoms with Crippen LogP contribution in [0.4, 0.5) is 0 Å². The Hall–Kier alpha value is -3.15. The standard InChI is InChI=1S/C61H106O6/c1-4-7-10-13-16-19-22-25-26-27-28-29-30-31-32-33-34-37-39-42-45-48-51-54-60(63)66-57-58(67-61(64)55-52-49-46-43-40-36-24-21-18-15-12-9-6-3)56-65-59(62)53-50-47-44-41-38-35-23-20-17-14-11-8-5-2/h9,12,18,21-22,25,27-28,30-31,36,40,58H,4-8,10-11,13-17,19-20,23-24,26,29,32-35,37-39,41-57H2,1-3H3/b12-9-,21-18-,25-22-,28-27-,31-30-,40-36-. The zero-order chi connectivity index (χ0) is 48.6. The molecule has 0 aromatic heterocycles. The molecule has 0 radical (unpaired) electrons. The van der Waals surface area contributed by atoms with Gasteiger partial charge < -0.3 is 14.2 Å². The molecule has 0 amide bonds. The van der Waals surface area contributed by atoms with Crippen molar-refractivity contribution in [1.82, 2.24) is 0 Å². The van der Waals surface area contributed by atoms with Crippen molar-refractivity contribution in [2.24, 2.45) is 0 Å². The highest BCUT2D eigenvalue weighted by Gasteiger charge is 2.19. The summed E-state index contributed by atoms with van der Waals surface area (Å²) in [6, 6.07) is 0. The molecule has 67 heavy (non-hydrogen) atoms. The van der Waals surface area contributed by atoms with Crippen molar-refractivity contribution >= 4 is 17.9 Å². The highest BCUT2D eigenvalue weighted by molar-refractivity contribution is 5.71. The zero-order valence-corrected chi connectivity index (χ0v) is 44.2. The molecule has 0 aromatic carbocycles. The summed E-state index contributed by atoms with van der Waals surface area (Å²) in [4.78, 5) is 38.1. The molecular weight excluding hydrogens is 829 g/mol. The van der Waals surface area contributed by atoms with Crippen molar-refractivity contribution in [2.45, 2.75) is 284 Å². The Balaban J connectivity index is 4.33. The molecule has 6 nitrogen and oxygen atoms in total. The van der Waals surface area contributed by atoms with Gasteiger partial charge in [0.25, 0.3) is 0 Å². The Morgan fingerprint density at radius 1 is 0.313 bits per heavy atom. The molecular formula is C61H106O6. The van der Waals surface area contributed by atoms with Gasteiger partial charge in [-0.25, -0.2) is 0 Å². The Bertz CT molecular complexity index is 1260. The first kappa shape index (κ1) is 63.8. The third-order valence-electron chi connectivity index (χ3n) is 12.2. The number of rotatable bonds is 51. The van der Waals surface area contributed by atoms with E-state index in [0.717, 1.165) is 103 Å². The fourth-order valence-corrected chi connectivity index (χ4v) is 7.93. The maximum atomic E-state index is 12.8.